The summed E-state index contributed by atoms with van der Waals surface area (Å²) in [5.41, 5.74) is 3.80. The Hall–Kier alpha value is -0.863. The minimum Gasteiger partial charge on any atom is -0.393 e. The molecule has 0 saturated heterocycles. The maximum Gasteiger partial charge on any atom is 0.0551 e. The second-order valence-electron chi connectivity index (χ2n) is 8.94. The Kier molecular flexibility index (Phi) is 3.89. The van der Waals surface area contributed by atoms with E-state index in [1.807, 2.05) is 0 Å². The quantitative estimate of drug-likeness (QED) is 0.586. The van der Waals surface area contributed by atoms with E-state index < -0.39 is 8.07 Å². The molecule has 120 valence electrons. The van der Waals surface area contributed by atoms with E-state index in [9.17, 15) is 5.11 Å². The van der Waals surface area contributed by atoms with E-state index in [1.54, 1.807) is 0 Å². The van der Waals surface area contributed by atoms with Gasteiger partial charge in [-0.1, -0.05) is 69.0 Å². The molecule has 3 rings (SSSR count). The maximum atomic E-state index is 10.3. The van der Waals surface area contributed by atoms with Crippen LogP contribution < -0.4 is 0 Å². The summed E-state index contributed by atoms with van der Waals surface area (Å²) in [6.07, 6.45) is 2.99. The average Bonchev–Trinajstić information content (AvgIpc) is 2.74. The molecule has 0 bridgehead atoms. The lowest BCUT2D eigenvalue weighted by Gasteiger charge is -2.51. The van der Waals surface area contributed by atoms with Crippen molar-refractivity contribution in [2.24, 2.45) is 11.3 Å². The second-order valence-corrected chi connectivity index (χ2v) is 14.4. The fourth-order valence-corrected chi connectivity index (χ4v) is 7.64. The number of aliphatic hydroxyl groups excluding tert-OH is 1. The number of fused-ring (bicyclic) bond motifs is 1. The van der Waals surface area contributed by atoms with Crippen molar-refractivity contribution >= 4 is 8.07 Å². The molecule has 0 aromatic heterocycles. The molecule has 2 fully saturated rings. The highest BCUT2D eigenvalue weighted by atomic mass is 28.3. The van der Waals surface area contributed by atoms with Gasteiger partial charge in [0.15, 0.2) is 0 Å². The summed E-state index contributed by atoms with van der Waals surface area (Å²) < 4.78 is 0. The largest absolute Gasteiger partial charge is 0.393 e. The third-order valence-electron chi connectivity index (χ3n) is 6.26. The number of allylic oxidation sites excluding steroid dienone is 1. The van der Waals surface area contributed by atoms with Crippen molar-refractivity contribution in [1.82, 2.24) is 0 Å². The van der Waals surface area contributed by atoms with Gasteiger partial charge < -0.3 is 5.11 Å². The van der Waals surface area contributed by atoms with Crippen molar-refractivity contribution in [3.63, 3.8) is 0 Å². The molecule has 0 radical (unpaired) electrons. The number of hydrogen-bond donors (Lipinski definition) is 1. The van der Waals surface area contributed by atoms with Gasteiger partial charge in [-0.05, 0) is 41.7 Å². The van der Waals surface area contributed by atoms with E-state index in [1.165, 1.54) is 17.6 Å². The Balaban J connectivity index is 2.05. The Bertz CT molecular complexity index is 559. The fourth-order valence-electron chi connectivity index (χ4n) is 5.15. The van der Waals surface area contributed by atoms with Crippen LogP contribution in [0.5, 0.6) is 0 Å². The lowest BCUT2D eigenvalue weighted by molar-refractivity contribution is 0.151. The van der Waals surface area contributed by atoms with E-state index in [-0.39, 0.29) is 11.5 Å². The molecular formula is C20H30OSi. The molecule has 0 aliphatic heterocycles. The van der Waals surface area contributed by atoms with Crippen LogP contribution in [0.2, 0.25) is 25.2 Å². The summed E-state index contributed by atoms with van der Waals surface area (Å²) in [5, 5.41) is 10.3. The lowest BCUT2D eigenvalue weighted by Crippen LogP contribution is -2.43. The minimum atomic E-state index is -1.32. The molecule has 2 heteroatoms. The van der Waals surface area contributed by atoms with Crippen LogP contribution in [0, 0.1) is 11.3 Å². The summed E-state index contributed by atoms with van der Waals surface area (Å²) in [7, 11) is -1.32. The first-order valence-corrected chi connectivity index (χ1v) is 12.2. The Morgan fingerprint density at radius 3 is 2.36 bits per heavy atom. The summed E-state index contributed by atoms with van der Waals surface area (Å²) in [4.78, 5) is 0. The van der Waals surface area contributed by atoms with Crippen LogP contribution in [0.15, 0.2) is 42.5 Å². The van der Waals surface area contributed by atoms with Gasteiger partial charge >= 0.3 is 0 Å². The molecule has 2 unspecified atom stereocenters. The zero-order valence-corrected chi connectivity index (χ0v) is 15.5. The second kappa shape index (κ2) is 5.35. The average molecular weight is 315 g/mol. The monoisotopic (exact) mass is 314 g/mol. The molecule has 5 atom stereocenters. The third kappa shape index (κ3) is 2.61. The summed E-state index contributed by atoms with van der Waals surface area (Å²) in [6, 6.07) is 11.0. The van der Waals surface area contributed by atoms with E-state index in [0.717, 1.165) is 12.8 Å². The van der Waals surface area contributed by atoms with Crippen LogP contribution in [0.3, 0.4) is 0 Å². The predicted octanol–water partition coefficient (Wildman–Crippen LogP) is 5.22. The SMILES string of the molecule is C=C1C(c2ccccc2)C([Si](C)(C)C)C[C@@]2(C)C[C@@H](O)C[C@H]12. The number of aliphatic hydroxyl groups is 1. The number of hydrogen-bond acceptors (Lipinski definition) is 1. The topological polar surface area (TPSA) is 20.2 Å². The molecule has 2 aliphatic rings. The Morgan fingerprint density at radius 2 is 1.77 bits per heavy atom. The van der Waals surface area contributed by atoms with Gasteiger partial charge in [0.25, 0.3) is 0 Å². The third-order valence-corrected chi connectivity index (χ3v) is 9.02. The van der Waals surface area contributed by atoms with Gasteiger partial charge in [0.2, 0.25) is 0 Å². The maximum absolute atomic E-state index is 10.3. The minimum absolute atomic E-state index is 0.136. The van der Waals surface area contributed by atoms with Crippen LogP contribution in [-0.4, -0.2) is 19.3 Å². The van der Waals surface area contributed by atoms with Crippen molar-refractivity contribution < 1.29 is 5.11 Å². The number of benzene rings is 1. The van der Waals surface area contributed by atoms with Crippen LogP contribution >= 0.6 is 0 Å². The van der Waals surface area contributed by atoms with E-state index in [0.29, 0.717) is 17.4 Å². The van der Waals surface area contributed by atoms with Crippen molar-refractivity contribution in [2.75, 3.05) is 0 Å². The molecule has 0 spiro atoms. The molecule has 0 heterocycles. The smallest absolute Gasteiger partial charge is 0.0551 e. The van der Waals surface area contributed by atoms with E-state index in [2.05, 4.69) is 63.5 Å². The van der Waals surface area contributed by atoms with Gasteiger partial charge in [0.1, 0.15) is 0 Å². The van der Waals surface area contributed by atoms with Gasteiger partial charge in [-0.25, -0.2) is 0 Å². The van der Waals surface area contributed by atoms with Crippen molar-refractivity contribution in [3.8, 4) is 0 Å². The normalized spacial score (nSPS) is 38.9. The molecule has 0 amide bonds. The van der Waals surface area contributed by atoms with Gasteiger partial charge in [-0.3, -0.25) is 0 Å². The molecule has 22 heavy (non-hydrogen) atoms. The first-order chi connectivity index (χ1) is 10.2. The highest BCUT2D eigenvalue weighted by Gasteiger charge is 2.54. The summed E-state index contributed by atoms with van der Waals surface area (Å²) in [5.74, 6) is 0.969. The Labute approximate surface area is 136 Å². The Morgan fingerprint density at radius 1 is 1.14 bits per heavy atom. The van der Waals surface area contributed by atoms with Crippen molar-refractivity contribution in [3.05, 3.63) is 48.0 Å². The molecule has 1 aromatic rings. The molecule has 1 aromatic carbocycles. The highest BCUT2D eigenvalue weighted by molar-refractivity contribution is 6.77. The van der Waals surface area contributed by atoms with Gasteiger partial charge in [-0.15, -0.1) is 0 Å². The predicted molar refractivity (Wildman–Crippen MR) is 96.9 cm³/mol. The molecule has 1 N–H and O–H groups in total. The molecule has 1 nitrogen and oxygen atoms in total. The lowest BCUT2D eigenvalue weighted by atomic mass is 9.62. The molecular weight excluding hydrogens is 284 g/mol. The zero-order valence-electron chi connectivity index (χ0n) is 14.5. The van der Waals surface area contributed by atoms with E-state index >= 15 is 0 Å². The standard InChI is InChI=1S/C20H30OSi/c1-14-17-11-16(21)12-20(17,2)13-18(22(3,4)5)19(14)15-9-7-6-8-10-15/h6-10,16-19,21H,1,11-13H2,2-5H3/t16-,17+,18?,19?,20+/m0/s1. The molecule has 2 saturated carbocycles. The highest BCUT2D eigenvalue weighted by Crippen LogP contribution is 2.63. The van der Waals surface area contributed by atoms with E-state index in [4.69, 9.17) is 0 Å². The summed E-state index contributed by atoms with van der Waals surface area (Å²) >= 11 is 0. The fraction of sp³-hybridized carbons (Fsp3) is 0.600. The number of rotatable bonds is 2. The van der Waals surface area contributed by atoms with Crippen molar-refractivity contribution in [2.45, 2.75) is 63.4 Å². The first-order valence-electron chi connectivity index (χ1n) is 8.64. The van der Waals surface area contributed by atoms with Crippen LogP contribution in [-0.2, 0) is 0 Å². The van der Waals surface area contributed by atoms with Crippen LogP contribution in [0.1, 0.15) is 37.7 Å². The summed E-state index contributed by atoms with van der Waals surface area (Å²) in [6.45, 7) is 14.5. The van der Waals surface area contributed by atoms with Gasteiger partial charge in [-0.2, -0.15) is 0 Å². The van der Waals surface area contributed by atoms with Gasteiger partial charge in [0, 0.05) is 14.0 Å². The first kappa shape index (κ1) is 16.0. The van der Waals surface area contributed by atoms with Crippen LogP contribution in [0.25, 0.3) is 0 Å². The van der Waals surface area contributed by atoms with Crippen molar-refractivity contribution in [1.29, 1.82) is 0 Å². The zero-order chi connectivity index (χ0) is 16.1. The van der Waals surface area contributed by atoms with Gasteiger partial charge in [0.05, 0.1) is 6.10 Å². The molecule has 2 aliphatic carbocycles. The van der Waals surface area contributed by atoms with Crippen LogP contribution in [0.4, 0.5) is 0 Å².